The molecular formula is C25H35FN2O3. The van der Waals surface area contributed by atoms with Crippen LogP contribution in [0.3, 0.4) is 0 Å². The van der Waals surface area contributed by atoms with Gasteiger partial charge in [0.1, 0.15) is 24.6 Å². The van der Waals surface area contributed by atoms with E-state index in [-0.39, 0.29) is 17.2 Å². The Kier molecular flexibility index (Phi) is 8.69. The quantitative estimate of drug-likeness (QED) is 0.564. The summed E-state index contributed by atoms with van der Waals surface area (Å²) in [5.74, 6) is 0.858. The van der Waals surface area contributed by atoms with Gasteiger partial charge in [0.05, 0.1) is 0 Å². The first-order valence-electron chi connectivity index (χ1n) is 11.0. The normalized spacial score (nSPS) is 19.9. The van der Waals surface area contributed by atoms with E-state index in [1.807, 2.05) is 26.2 Å². The number of halogens is 1. The van der Waals surface area contributed by atoms with Gasteiger partial charge in [0.2, 0.25) is 0 Å². The second kappa shape index (κ2) is 11.5. The molecule has 0 spiro atoms. The number of hydrogen-bond acceptors (Lipinski definition) is 5. The Morgan fingerprint density at radius 2 is 1.77 bits per heavy atom. The molecule has 0 bridgehead atoms. The molecule has 0 radical (unpaired) electrons. The minimum atomic E-state index is -0.388. The molecule has 6 heteroatoms. The second-order valence-corrected chi connectivity index (χ2v) is 8.53. The van der Waals surface area contributed by atoms with Gasteiger partial charge in [-0.05, 0) is 69.7 Å². The third-order valence-corrected chi connectivity index (χ3v) is 5.89. The van der Waals surface area contributed by atoms with Crippen LogP contribution in [0.1, 0.15) is 24.8 Å². The van der Waals surface area contributed by atoms with Gasteiger partial charge in [0.25, 0.3) is 0 Å². The molecule has 3 rings (SSSR count). The summed E-state index contributed by atoms with van der Waals surface area (Å²) in [7, 11) is 5.81. The fourth-order valence-corrected chi connectivity index (χ4v) is 3.86. The van der Waals surface area contributed by atoms with E-state index in [1.165, 1.54) is 11.6 Å². The van der Waals surface area contributed by atoms with Gasteiger partial charge in [-0.3, -0.25) is 4.90 Å². The number of methoxy groups -OCH3 is 1. The number of para-hydroxylation sites is 1. The van der Waals surface area contributed by atoms with Gasteiger partial charge in [-0.15, -0.1) is 0 Å². The molecule has 0 aromatic heterocycles. The zero-order valence-corrected chi connectivity index (χ0v) is 19.0. The minimum absolute atomic E-state index is 0.285. The van der Waals surface area contributed by atoms with E-state index in [9.17, 15) is 4.39 Å². The highest BCUT2D eigenvalue weighted by molar-refractivity contribution is 5.27. The van der Waals surface area contributed by atoms with Crippen LogP contribution in [0, 0.1) is 5.82 Å². The molecule has 2 aromatic rings. The Bertz CT molecular complexity index is 800. The fourth-order valence-electron chi connectivity index (χ4n) is 3.86. The summed E-state index contributed by atoms with van der Waals surface area (Å²) in [6.45, 7) is 4.76. The third kappa shape index (κ3) is 7.20. The van der Waals surface area contributed by atoms with Crippen molar-refractivity contribution in [2.45, 2.75) is 31.4 Å². The molecule has 1 aliphatic rings. The standard InChI is InChI=1S/C25H35FN2O3/c1-27(2)17-18-30-22-11-9-21(10-12-22)19-28-15-6-13-25(29-3,14-16-28)20-31-24-8-5-4-7-23(24)26/h4-5,7-12H,6,13-20H2,1-3H3. The molecule has 31 heavy (non-hydrogen) atoms. The molecule has 1 heterocycles. The Morgan fingerprint density at radius 3 is 2.48 bits per heavy atom. The van der Waals surface area contributed by atoms with Crippen molar-refractivity contribution >= 4 is 0 Å². The van der Waals surface area contributed by atoms with Crippen LogP contribution in [-0.2, 0) is 11.3 Å². The number of benzene rings is 2. The Hall–Kier alpha value is -2.15. The Labute approximate surface area is 185 Å². The predicted octanol–water partition coefficient (Wildman–Crippen LogP) is 4.22. The topological polar surface area (TPSA) is 34.2 Å². The van der Waals surface area contributed by atoms with Crippen LogP contribution in [0.2, 0.25) is 0 Å². The Balaban J connectivity index is 1.51. The minimum Gasteiger partial charge on any atom is -0.492 e. The molecule has 1 saturated heterocycles. The fraction of sp³-hybridized carbons (Fsp3) is 0.520. The van der Waals surface area contributed by atoms with Gasteiger partial charge in [0.15, 0.2) is 11.6 Å². The highest BCUT2D eigenvalue weighted by atomic mass is 19.1. The zero-order valence-electron chi connectivity index (χ0n) is 19.0. The number of rotatable bonds is 10. The number of likely N-dealkylation sites (tertiary alicyclic amines) is 1. The molecule has 0 aliphatic carbocycles. The molecule has 1 aliphatic heterocycles. The van der Waals surface area contributed by atoms with Crippen molar-refractivity contribution in [2.75, 3.05) is 54.1 Å². The molecule has 1 fully saturated rings. The SMILES string of the molecule is COC1(COc2ccccc2F)CCCN(Cc2ccc(OCCN(C)C)cc2)CC1. The van der Waals surface area contributed by atoms with E-state index in [0.717, 1.165) is 51.2 Å². The molecule has 2 aromatic carbocycles. The third-order valence-electron chi connectivity index (χ3n) is 5.89. The average Bonchev–Trinajstić information content (AvgIpc) is 2.97. The maximum atomic E-state index is 13.9. The summed E-state index contributed by atoms with van der Waals surface area (Å²) in [5.41, 5.74) is 0.883. The lowest BCUT2D eigenvalue weighted by Gasteiger charge is -2.31. The first-order chi connectivity index (χ1) is 15.0. The van der Waals surface area contributed by atoms with E-state index in [0.29, 0.717) is 13.2 Å². The van der Waals surface area contributed by atoms with E-state index >= 15 is 0 Å². The van der Waals surface area contributed by atoms with Crippen molar-refractivity contribution in [2.24, 2.45) is 0 Å². The van der Waals surface area contributed by atoms with Crippen LogP contribution in [0.5, 0.6) is 11.5 Å². The molecule has 5 nitrogen and oxygen atoms in total. The van der Waals surface area contributed by atoms with Gasteiger partial charge < -0.3 is 19.1 Å². The second-order valence-electron chi connectivity index (χ2n) is 8.53. The lowest BCUT2D eigenvalue weighted by molar-refractivity contribution is -0.0548. The van der Waals surface area contributed by atoms with Crippen molar-refractivity contribution in [1.29, 1.82) is 0 Å². The lowest BCUT2D eigenvalue weighted by atomic mass is 9.95. The van der Waals surface area contributed by atoms with Crippen molar-refractivity contribution in [3.63, 3.8) is 0 Å². The maximum Gasteiger partial charge on any atom is 0.165 e. The highest BCUT2D eigenvalue weighted by Gasteiger charge is 2.33. The zero-order chi connectivity index (χ0) is 22.1. The smallest absolute Gasteiger partial charge is 0.165 e. The van der Waals surface area contributed by atoms with Crippen LogP contribution < -0.4 is 9.47 Å². The van der Waals surface area contributed by atoms with Crippen molar-refractivity contribution < 1.29 is 18.6 Å². The van der Waals surface area contributed by atoms with E-state index in [2.05, 4.69) is 21.9 Å². The lowest BCUT2D eigenvalue weighted by Crippen LogP contribution is -2.39. The van der Waals surface area contributed by atoms with Gasteiger partial charge in [0, 0.05) is 26.7 Å². The Morgan fingerprint density at radius 1 is 1.00 bits per heavy atom. The van der Waals surface area contributed by atoms with Crippen LogP contribution in [0.4, 0.5) is 4.39 Å². The summed E-state index contributed by atoms with van der Waals surface area (Å²) in [6.07, 6.45) is 2.76. The molecular weight excluding hydrogens is 395 g/mol. The van der Waals surface area contributed by atoms with Crippen molar-refractivity contribution in [1.82, 2.24) is 9.80 Å². The van der Waals surface area contributed by atoms with Gasteiger partial charge >= 0.3 is 0 Å². The first kappa shape index (κ1) is 23.5. The summed E-state index contributed by atoms with van der Waals surface area (Å²) in [4.78, 5) is 4.56. The average molecular weight is 431 g/mol. The van der Waals surface area contributed by atoms with Gasteiger partial charge in [-0.1, -0.05) is 24.3 Å². The summed E-state index contributed by atoms with van der Waals surface area (Å²) in [5, 5.41) is 0. The van der Waals surface area contributed by atoms with E-state index in [4.69, 9.17) is 14.2 Å². The molecule has 1 atom stereocenters. The van der Waals surface area contributed by atoms with Gasteiger partial charge in [-0.25, -0.2) is 4.39 Å². The number of nitrogens with zero attached hydrogens (tertiary/aromatic N) is 2. The molecule has 1 unspecified atom stereocenters. The first-order valence-corrected chi connectivity index (χ1v) is 11.0. The molecule has 0 saturated carbocycles. The largest absolute Gasteiger partial charge is 0.492 e. The molecule has 0 N–H and O–H groups in total. The van der Waals surface area contributed by atoms with E-state index < -0.39 is 0 Å². The van der Waals surface area contributed by atoms with Crippen molar-refractivity contribution in [3.8, 4) is 11.5 Å². The predicted molar refractivity (Wildman–Crippen MR) is 121 cm³/mol. The number of ether oxygens (including phenoxy) is 3. The monoisotopic (exact) mass is 430 g/mol. The molecule has 0 amide bonds. The van der Waals surface area contributed by atoms with Crippen molar-refractivity contribution in [3.05, 3.63) is 59.9 Å². The number of likely N-dealkylation sites (N-methyl/N-ethyl adjacent to an activating group) is 1. The van der Waals surface area contributed by atoms with Crippen LogP contribution in [0.25, 0.3) is 0 Å². The van der Waals surface area contributed by atoms with Crippen LogP contribution in [0.15, 0.2) is 48.5 Å². The van der Waals surface area contributed by atoms with Gasteiger partial charge in [-0.2, -0.15) is 0 Å². The van der Waals surface area contributed by atoms with Crippen LogP contribution in [-0.4, -0.2) is 69.5 Å². The highest BCUT2D eigenvalue weighted by Crippen LogP contribution is 2.28. The van der Waals surface area contributed by atoms with E-state index in [1.54, 1.807) is 25.3 Å². The molecule has 170 valence electrons. The summed E-state index contributed by atoms with van der Waals surface area (Å²) < 4.78 is 31.4. The summed E-state index contributed by atoms with van der Waals surface area (Å²) >= 11 is 0. The summed E-state index contributed by atoms with van der Waals surface area (Å²) in [6, 6.07) is 14.9. The maximum absolute atomic E-state index is 13.9. The number of hydrogen-bond donors (Lipinski definition) is 0. The van der Waals surface area contributed by atoms with Crippen LogP contribution >= 0.6 is 0 Å².